The van der Waals surface area contributed by atoms with Gasteiger partial charge in [-0.2, -0.15) is 0 Å². The van der Waals surface area contributed by atoms with Gasteiger partial charge in [-0.15, -0.1) is 0 Å². The number of benzene rings is 3. The van der Waals surface area contributed by atoms with Crippen molar-refractivity contribution >= 4 is 29.2 Å². The molecule has 32 heavy (non-hydrogen) atoms. The van der Waals surface area contributed by atoms with Crippen molar-refractivity contribution in [2.24, 2.45) is 0 Å². The van der Waals surface area contributed by atoms with Gasteiger partial charge in [0.25, 0.3) is 0 Å². The van der Waals surface area contributed by atoms with Crippen LogP contribution in [0, 0.1) is 0 Å². The van der Waals surface area contributed by atoms with Crippen LogP contribution in [-0.4, -0.2) is 19.8 Å². The van der Waals surface area contributed by atoms with Crippen molar-refractivity contribution < 1.29 is 4.74 Å². The van der Waals surface area contributed by atoms with E-state index in [1.54, 1.807) is 0 Å². The third kappa shape index (κ3) is 4.95. The van der Waals surface area contributed by atoms with Crippen molar-refractivity contribution in [3.8, 4) is 0 Å². The summed E-state index contributed by atoms with van der Waals surface area (Å²) in [6.07, 6.45) is 11.4. The van der Waals surface area contributed by atoms with Crippen molar-refractivity contribution in [3.05, 3.63) is 89.5 Å². The van der Waals surface area contributed by atoms with E-state index in [-0.39, 0.29) is 0 Å². The molecule has 3 aromatic rings. The normalized spacial score (nSPS) is 14.1. The standard InChI is InChI=1S/C29H31NOS/c1(2-10-23-15-16-24-17-18-25(24)22-23)8-20-31-21-9-7-19-30-26-11-3-5-13-28(26)32-29-14-6-4-12-27(29)30/h2-6,10-16,22H,1,7-9,17-21H2/b10-2+. The summed E-state index contributed by atoms with van der Waals surface area (Å²) in [5.41, 5.74) is 7.06. The van der Waals surface area contributed by atoms with E-state index >= 15 is 0 Å². The number of rotatable bonds is 10. The minimum Gasteiger partial charge on any atom is -0.381 e. The van der Waals surface area contributed by atoms with Crippen LogP contribution in [0.4, 0.5) is 11.4 Å². The zero-order valence-electron chi connectivity index (χ0n) is 18.6. The van der Waals surface area contributed by atoms with Gasteiger partial charge in [0.05, 0.1) is 11.4 Å². The fraction of sp³-hybridized carbons (Fsp3) is 0.310. The zero-order valence-corrected chi connectivity index (χ0v) is 19.4. The van der Waals surface area contributed by atoms with Crippen molar-refractivity contribution in [1.82, 2.24) is 0 Å². The Bertz CT molecular complexity index is 1040. The van der Waals surface area contributed by atoms with Crippen LogP contribution in [0.1, 0.15) is 42.4 Å². The molecule has 2 aliphatic rings. The fourth-order valence-corrected chi connectivity index (χ4v) is 5.54. The molecule has 0 bridgehead atoms. The van der Waals surface area contributed by atoms with Crippen molar-refractivity contribution in [3.63, 3.8) is 0 Å². The Morgan fingerprint density at radius 2 is 1.50 bits per heavy atom. The highest BCUT2D eigenvalue weighted by molar-refractivity contribution is 7.99. The zero-order chi connectivity index (χ0) is 21.6. The second-order valence-electron chi connectivity index (χ2n) is 8.58. The lowest BCUT2D eigenvalue weighted by atomic mass is 9.87. The van der Waals surface area contributed by atoms with Gasteiger partial charge in [-0.05, 0) is 79.5 Å². The predicted octanol–water partition coefficient (Wildman–Crippen LogP) is 7.68. The van der Waals surface area contributed by atoms with E-state index in [1.807, 2.05) is 11.8 Å². The molecule has 164 valence electrons. The molecule has 1 heterocycles. The first kappa shape index (κ1) is 21.4. The van der Waals surface area contributed by atoms with Crippen LogP contribution in [0.3, 0.4) is 0 Å². The number of allylic oxidation sites excluding steroid dienone is 1. The summed E-state index contributed by atoms with van der Waals surface area (Å²) in [4.78, 5) is 5.17. The van der Waals surface area contributed by atoms with Gasteiger partial charge in [-0.3, -0.25) is 0 Å². The summed E-state index contributed by atoms with van der Waals surface area (Å²) in [7, 11) is 0. The van der Waals surface area contributed by atoms with E-state index in [1.165, 1.54) is 50.7 Å². The van der Waals surface area contributed by atoms with E-state index in [9.17, 15) is 0 Å². The monoisotopic (exact) mass is 441 g/mol. The van der Waals surface area contributed by atoms with Gasteiger partial charge in [0.15, 0.2) is 0 Å². The van der Waals surface area contributed by atoms with Gasteiger partial charge < -0.3 is 9.64 Å². The molecule has 0 saturated heterocycles. The Hall–Kier alpha value is -2.49. The second-order valence-corrected chi connectivity index (χ2v) is 9.67. The van der Waals surface area contributed by atoms with Gasteiger partial charge in [0.1, 0.15) is 0 Å². The van der Waals surface area contributed by atoms with Crippen LogP contribution in [0.15, 0.2) is 82.6 Å². The summed E-state index contributed by atoms with van der Waals surface area (Å²) >= 11 is 1.87. The molecule has 0 N–H and O–H groups in total. The average Bonchev–Trinajstić information content (AvgIpc) is 2.81. The maximum atomic E-state index is 5.90. The lowest BCUT2D eigenvalue weighted by molar-refractivity contribution is 0.129. The summed E-state index contributed by atoms with van der Waals surface area (Å²) < 4.78 is 5.90. The number of hydrogen-bond acceptors (Lipinski definition) is 3. The van der Waals surface area contributed by atoms with Crippen molar-refractivity contribution in [2.75, 3.05) is 24.7 Å². The number of ether oxygens (including phenoxy) is 1. The molecule has 3 aromatic carbocycles. The molecule has 0 saturated carbocycles. The Balaban J connectivity index is 1.01. The Morgan fingerprint density at radius 1 is 0.781 bits per heavy atom. The Morgan fingerprint density at radius 3 is 2.22 bits per heavy atom. The van der Waals surface area contributed by atoms with Crippen LogP contribution in [0.5, 0.6) is 0 Å². The van der Waals surface area contributed by atoms with E-state index in [0.717, 1.165) is 45.4 Å². The number of hydrogen-bond donors (Lipinski definition) is 0. The van der Waals surface area contributed by atoms with E-state index in [2.05, 4.69) is 83.8 Å². The van der Waals surface area contributed by atoms with E-state index in [0.29, 0.717) is 0 Å². The summed E-state index contributed by atoms with van der Waals surface area (Å²) in [6.45, 7) is 2.72. The van der Waals surface area contributed by atoms with Crippen LogP contribution in [-0.2, 0) is 17.6 Å². The molecule has 1 aliphatic heterocycles. The molecule has 0 unspecified atom stereocenters. The van der Waals surface area contributed by atoms with Crippen LogP contribution in [0.2, 0.25) is 0 Å². The average molecular weight is 442 g/mol. The number of nitrogens with zero attached hydrogens (tertiary/aromatic N) is 1. The number of aryl methyl sites for hydroxylation is 2. The molecule has 0 fully saturated rings. The molecule has 0 aromatic heterocycles. The summed E-state index contributed by atoms with van der Waals surface area (Å²) in [5, 5.41) is 0. The topological polar surface area (TPSA) is 12.5 Å². The highest BCUT2D eigenvalue weighted by Crippen LogP contribution is 2.47. The molecule has 0 radical (unpaired) electrons. The SMILES string of the molecule is C(=C\c1ccc2c(c1)CC2)/CCCOCCCCN1c2ccccc2Sc2ccccc21. The first-order valence-corrected chi connectivity index (χ1v) is 12.7. The lowest BCUT2D eigenvalue weighted by Crippen LogP contribution is -2.22. The third-order valence-corrected chi connectivity index (χ3v) is 7.45. The van der Waals surface area contributed by atoms with Gasteiger partial charge in [0, 0.05) is 29.5 Å². The number of para-hydroxylation sites is 2. The lowest BCUT2D eigenvalue weighted by Gasteiger charge is -2.32. The Labute approximate surface area is 196 Å². The van der Waals surface area contributed by atoms with Gasteiger partial charge >= 0.3 is 0 Å². The summed E-state index contributed by atoms with van der Waals surface area (Å²) in [5.74, 6) is 0. The molecule has 1 aliphatic carbocycles. The van der Waals surface area contributed by atoms with Crippen LogP contribution >= 0.6 is 11.8 Å². The van der Waals surface area contributed by atoms with Gasteiger partial charge in [0.2, 0.25) is 0 Å². The Kier molecular flexibility index (Phi) is 6.95. The second kappa shape index (κ2) is 10.4. The third-order valence-electron chi connectivity index (χ3n) is 6.32. The van der Waals surface area contributed by atoms with Crippen LogP contribution < -0.4 is 4.90 Å². The number of fused-ring (bicyclic) bond motifs is 3. The minimum atomic E-state index is 0.848. The molecule has 2 nitrogen and oxygen atoms in total. The highest BCUT2D eigenvalue weighted by atomic mass is 32.2. The molecular formula is C29H31NOS. The maximum absolute atomic E-state index is 5.90. The minimum absolute atomic E-state index is 0.848. The summed E-state index contributed by atoms with van der Waals surface area (Å²) in [6, 6.07) is 24.3. The first-order chi connectivity index (χ1) is 15.9. The predicted molar refractivity (Wildman–Crippen MR) is 136 cm³/mol. The molecule has 0 atom stereocenters. The van der Waals surface area contributed by atoms with Gasteiger partial charge in [-0.1, -0.05) is 66.4 Å². The van der Waals surface area contributed by atoms with E-state index in [4.69, 9.17) is 4.74 Å². The largest absolute Gasteiger partial charge is 0.381 e. The van der Waals surface area contributed by atoms with Crippen molar-refractivity contribution in [2.45, 2.75) is 48.3 Å². The highest BCUT2D eigenvalue weighted by Gasteiger charge is 2.22. The molecule has 5 rings (SSSR count). The fourth-order valence-electron chi connectivity index (χ4n) is 4.44. The number of anilines is 2. The molecule has 3 heteroatoms. The molecule has 0 spiro atoms. The van der Waals surface area contributed by atoms with E-state index < -0.39 is 0 Å². The molecular weight excluding hydrogens is 410 g/mol. The quantitative estimate of drug-likeness (QED) is 0.299. The van der Waals surface area contributed by atoms with Crippen molar-refractivity contribution in [1.29, 1.82) is 0 Å². The smallest absolute Gasteiger partial charge is 0.0552 e. The van der Waals surface area contributed by atoms with Gasteiger partial charge in [-0.25, -0.2) is 0 Å². The maximum Gasteiger partial charge on any atom is 0.0552 e. The first-order valence-electron chi connectivity index (χ1n) is 11.9. The number of unbranched alkanes of at least 4 members (excludes halogenated alkanes) is 2. The molecule has 0 amide bonds. The van der Waals surface area contributed by atoms with Crippen LogP contribution in [0.25, 0.3) is 6.08 Å².